The second kappa shape index (κ2) is 9.82. The van der Waals surface area contributed by atoms with Crippen LogP contribution >= 0.6 is 11.6 Å². The summed E-state index contributed by atoms with van der Waals surface area (Å²) < 4.78 is 17.1. The Kier molecular flexibility index (Phi) is 6.49. The highest BCUT2D eigenvalue weighted by molar-refractivity contribution is 6.29. The van der Waals surface area contributed by atoms with Gasteiger partial charge in [-0.05, 0) is 42.0 Å². The first-order valence-corrected chi connectivity index (χ1v) is 10.1. The molecule has 0 unspecified atom stereocenters. The Labute approximate surface area is 190 Å². The fourth-order valence-electron chi connectivity index (χ4n) is 2.94. The van der Waals surface area contributed by atoms with Gasteiger partial charge in [0.1, 0.15) is 17.5 Å². The molecule has 0 saturated carbocycles. The first kappa shape index (κ1) is 21.2. The lowest BCUT2D eigenvalue weighted by Crippen LogP contribution is -1.99. The zero-order valence-electron chi connectivity index (χ0n) is 17.2. The highest BCUT2D eigenvalue weighted by atomic mass is 35.5. The molecule has 0 radical (unpaired) electrons. The zero-order valence-corrected chi connectivity index (χ0v) is 17.9. The minimum Gasteiger partial charge on any atom is -0.497 e. The zero-order chi connectivity index (χ0) is 22.3. The molecule has 0 bridgehead atoms. The molecule has 0 atom stereocenters. The average Bonchev–Trinajstić information content (AvgIpc) is 2.83. The fraction of sp³-hybridized carbons (Fsp3) is 0.0800. The van der Waals surface area contributed by atoms with E-state index in [1.807, 2.05) is 54.6 Å². The monoisotopic (exact) mass is 443 g/mol. The lowest BCUT2D eigenvalue weighted by Gasteiger charge is -2.13. The molecule has 3 aromatic carbocycles. The molecule has 1 aromatic heterocycles. The van der Waals surface area contributed by atoms with Crippen LogP contribution in [0.2, 0.25) is 5.15 Å². The first-order chi connectivity index (χ1) is 15.6. The smallest absolute Gasteiger partial charge is 0.224 e. The number of nitrogens with zero attached hydrogens (tertiary/aromatic N) is 3. The van der Waals surface area contributed by atoms with Crippen molar-refractivity contribution in [3.63, 3.8) is 0 Å². The van der Waals surface area contributed by atoms with Crippen LogP contribution in [-0.2, 0) is 6.61 Å². The van der Waals surface area contributed by atoms with E-state index in [0.717, 1.165) is 16.9 Å². The van der Waals surface area contributed by atoms with E-state index in [1.165, 1.54) is 6.07 Å². The van der Waals surface area contributed by atoms with Gasteiger partial charge < -0.3 is 14.2 Å². The van der Waals surface area contributed by atoms with Crippen LogP contribution in [0.4, 0.5) is 0 Å². The molecule has 0 saturated heterocycles. The summed E-state index contributed by atoms with van der Waals surface area (Å²) in [6.07, 6.45) is 0. The van der Waals surface area contributed by atoms with Crippen LogP contribution in [-0.4, -0.2) is 17.1 Å². The van der Waals surface area contributed by atoms with Gasteiger partial charge in [0, 0.05) is 17.7 Å². The number of rotatable bonds is 7. The lowest BCUT2D eigenvalue weighted by atomic mass is 10.2. The number of methoxy groups -OCH3 is 1. The number of hydrogen-bond donors (Lipinski definition) is 0. The van der Waals surface area contributed by atoms with Gasteiger partial charge in [-0.3, -0.25) is 0 Å². The van der Waals surface area contributed by atoms with Crippen LogP contribution in [0, 0.1) is 11.3 Å². The van der Waals surface area contributed by atoms with Crippen LogP contribution in [0.3, 0.4) is 0 Å². The van der Waals surface area contributed by atoms with E-state index in [2.05, 4.69) is 16.0 Å². The third-order valence-electron chi connectivity index (χ3n) is 4.54. The van der Waals surface area contributed by atoms with Crippen molar-refractivity contribution in [3.8, 4) is 40.6 Å². The van der Waals surface area contributed by atoms with E-state index in [4.69, 9.17) is 25.8 Å². The summed E-state index contributed by atoms with van der Waals surface area (Å²) >= 11 is 6.22. The van der Waals surface area contributed by atoms with Crippen molar-refractivity contribution < 1.29 is 14.2 Å². The van der Waals surface area contributed by atoms with Gasteiger partial charge in [0.05, 0.1) is 18.7 Å². The van der Waals surface area contributed by atoms with Gasteiger partial charge in [0.2, 0.25) is 5.88 Å². The van der Waals surface area contributed by atoms with Gasteiger partial charge in [-0.15, -0.1) is 0 Å². The van der Waals surface area contributed by atoms with Crippen LogP contribution in [0.25, 0.3) is 11.4 Å². The van der Waals surface area contributed by atoms with Crippen molar-refractivity contribution in [2.45, 2.75) is 6.61 Å². The predicted molar refractivity (Wildman–Crippen MR) is 121 cm³/mol. The van der Waals surface area contributed by atoms with E-state index < -0.39 is 0 Å². The molecule has 4 rings (SSSR count). The number of halogens is 1. The molecule has 0 aliphatic carbocycles. The molecular formula is C25H18ClN3O3. The maximum Gasteiger partial charge on any atom is 0.224 e. The summed E-state index contributed by atoms with van der Waals surface area (Å²) in [4.78, 5) is 8.76. The van der Waals surface area contributed by atoms with Gasteiger partial charge in [0.25, 0.3) is 0 Å². The molecule has 7 heteroatoms. The molecule has 0 N–H and O–H groups in total. The van der Waals surface area contributed by atoms with E-state index in [-0.39, 0.29) is 11.0 Å². The van der Waals surface area contributed by atoms with Crippen molar-refractivity contribution in [1.29, 1.82) is 5.26 Å². The predicted octanol–water partition coefficient (Wildman–Crippen LogP) is 6.05. The summed E-state index contributed by atoms with van der Waals surface area (Å²) in [6, 6.07) is 25.6. The van der Waals surface area contributed by atoms with Gasteiger partial charge in [-0.1, -0.05) is 41.9 Å². The number of nitriles is 1. The number of benzene rings is 3. The highest BCUT2D eigenvalue weighted by Gasteiger charge is 2.13. The number of ether oxygens (including phenoxy) is 3. The van der Waals surface area contributed by atoms with E-state index in [1.54, 1.807) is 25.3 Å². The molecule has 1 heterocycles. The van der Waals surface area contributed by atoms with E-state index >= 15 is 0 Å². The Morgan fingerprint density at radius 3 is 2.41 bits per heavy atom. The Balaban J connectivity index is 1.62. The average molecular weight is 444 g/mol. The van der Waals surface area contributed by atoms with Crippen molar-refractivity contribution in [2.75, 3.05) is 7.11 Å². The number of hydrogen-bond acceptors (Lipinski definition) is 6. The Morgan fingerprint density at radius 2 is 1.69 bits per heavy atom. The van der Waals surface area contributed by atoms with Crippen molar-refractivity contribution >= 4 is 11.6 Å². The molecule has 32 heavy (non-hydrogen) atoms. The van der Waals surface area contributed by atoms with Crippen molar-refractivity contribution in [1.82, 2.24) is 9.97 Å². The fourth-order valence-corrected chi connectivity index (χ4v) is 3.12. The summed E-state index contributed by atoms with van der Waals surface area (Å²) in [5, 5.41) is 9.53. The minimum absolute atomic E-state index is 0.226. The molecule has 158 valence electrons. The molecule has 0 aliphatic rings. The van der Waals surface area contributed by atoms with Crippen LogP contribution < -0.4 is 14.2 Å². The molecule has 0 amide bonds. The number of aromatic nitrogens is 2. The second-order valence-corrected chi connectivity index (χ2v) is 7.12. The largest absolute Gasteiger partial charge is 0.497 e. The molecule has 0 aliphatic heterocycles. The third-order valence-corrected chi connectivity index (χ3v) is 4.74. The van der Waals surface area contributed by atoms with Crippen LogP contribution in [0.15, 0.2) is 78.9 Å². The molecule has 0 spiro atoms. The quantitative estimate of drug-likeness (QED) is 0.323. The van der Waals surface area contributed by atoms with Gasteiger partial charge in [-0.2, -0.15) is 10.2 Å². The van der Waals surface area contributed by atoms with E-state index in [0.29, 0.717) is 29.5 Å². The maximum absolute atomic E-state index is 9.30. The first-order valence-electron chi connectivity index (χ1n) is 9.72. The van der Waals surface area contributed by atoms with Gasteiger partial charge in [0.15, 0.2) is 17.3 Å². The summed E-state index contributed by atoms with van der Waals surface area (Å²) in [6.45, 7) is 0.352. The normalized spacial score (nSPS) is 10.3. The summed E-state index contributed by atoms with van der Waals surface area (Å²) in [7, 11) is 1.60. The molecule has 6 nitrogen and oxygen atoms in total. The van der Waals surface area contributed by atoms with Crippen molar-refractivity contribution in [3.05, 3.63) is 95.1 Å². The molecule has 4 aromatic rings. The maximum atomic E-state index is 9.30. The Bertz CT molecular complexity index is 1260. The highest BCUT2D eigenvalue weighted by Crippen LogP contribution is 2.34. The summed E-state index contributed by atoms with van der Waals surface area (Å²) in [5.74, 6) is 2.19. The van der Waals surface area contributed by atoms with Crippen LogP contribution in [0.5, 0.6) is 23.1 Å². The third kappa shape index (κ3) is 5.15. The second-order valence-electron chi connectivity index (χ2n) is 6.73. The van der Waals surface area contributed by atoms with Crippen molar-refractivity contribution in [2.24, 2.45) is 0 Å². The van der Waals surface area contributed by atoms with Gasteiger partial charge >= 0.3 is 0 Å². The molecular weight excluding hydrogens is 426 g/mol. The summed E-state index contributed by atoms with van der Waals surface area (Å²) in [5.41, 5.74) is 2.20. The van der Waals surface area contributed by atoms with E-state index in [9.17, 15) is 5.26 Å². The Hall–Kier alpha value is -4.08. The van der Waals surface area contributed by atoms with Crippen LogP contribution in [0.1, 0.15) is 11.1 Å². The van der Waals surface area contributed by atoms with Gasteiger partial charge in [-0.25, -0.2) is 4.98 Å². The SMILES string of the molecule is COc1ccc(-c2nc(Cl)cc(Oc3cc(C#N)ccc3OCc3ccccc3)n2)cc1. The standard InChI is InChI=1S/C25H18ClN3O3/c1-30-20-10-8-19(9-11-20)25-28-23(26)14-24(29-25)32-22-13-18(15-27)7-12-21(22)31-16-17-5-3-2-4-6-17/h2-14H,16H2,1H3. The lowest BCUT2D eigenvalue weighted by molar-refractivity contribution is 0.290. The molecule has 0 fully saturated rings. The topological polar surface area (TPSA) is 77.3 Å². The minimum atomic E-state index is 0.226. The Morgan fingerprint density at radius 1 is 0.906 bits per heavy atom.